The van der Waals surface area contributed by atoms with Crippen molar-refractivity contribution >= 4 is 34.4 Å². The van der Waals surface area contributed by atoms with Crippen LogP contribution in [0.3, 0.4) is 0 Å². The number of carboxylic acids is 1. The van der Waals surface area contributed by atoms with E-state index in [2.05, 4.69) is 20.8 Å². The summed E-state index contributed by atoms with van der Waals surface area (Å²) in [4.78, 5) is 32.6. The van der Waals surface area contributed by atoms with Crippen LogP contribution in [0.2, 0.25) is 0 Å². The number of nitrogens with two attached hydrogens (primary N) is 1. The molecule has 1 heterocycles. The second-order valence-corrected chi connectivity index (χ2v) is 3.74. The van der Waals surface area contributed by atoms with Gasteiger partial charge in [-0.25, -0.2) is 9.59 Å². The summed E-state index contributed by atoms with van der Waals surface area (Å²) in [5.41, 5.74) is 6.25. The van der Waals surface area contributed by atoms with Gasteiger partial charge in [-0.3, -0.25) is 10.1 Å². The third-order valence-electron chi connectivity index (χ3n) is 1.59. The zero-order chi connectivity index (χ0) is 12.8. The summed E-state index contributed by atoms with van der Waals surface area (Å²) in [6, 6.07) is -2.17. The lowest BCUT2D eigenvalue weighted by atomic mass is 10.2. The van der Waals surface area contributed by atoms with E-state index in [1.807, 2.05) is 0 Å². The van der Waals surface area contributed by atoms with Crippen LogP contribution in [0.15, 0.2) is 5.51 Å². The van der Waals surface area contributed by atoms with Crippen molar-refractivity contribution in [3.63, 3.8) is 0 Å². The minimum atomic E-state index is -1.37. The standard InChI is InChI=1S/C7H9N5O4S/c8-4(13)1-3(5(14)15)10-6(16)11-7-12-9-2-17-7/h2-3H,1H2,(H2,8,13)(H,14,15)(H2,10,11,12,16). The average Bonchev–Trinajstić information content (AvgIpc) is 2.68. The van der Waals surface area contributed by atoms with Crippen molar-refractivity contribution in [3.8, 4) is 0 Å². The molecular weight excluding hydrogens is 250 g/mol. The highest BCUT2D eigenvalue weighted by Gasteiger charge is 2.22. The molecule has 9 nitrogen and oxygen atoms in total. The summed E-state index contributed by atoms with van der Waals surface area (Å²) in [5, 5.41) is 20.3. The Morgan fingerprint density at radius 1 is 1.53 bits per heavy atom. The Bertz CT molecular complexity index is 420. The van der Waals surface area contributed by atoms with Gasteiger partial charge in [0.05, 0.1) is 6.42 Å². The Kier molecular flexibility index (Phi) is 4.34. The summed E-state index contributed by atoms with van der Waals surface area (Å²) in [6.45, 7) is 0. The number of nitrogens with one attached hydrogen (secondary N) is 2. The maximum Gasteiger partial charge on any atom is 0.326 e. The number of rotatable bonds is 5. The lowest BCUT2D eigenvalue weighted by molar-refractivity contribution is -0.140. The van der Waals surface area contributed by atoms with Gasteiger partial charge in [0.2, 0.25) is 11.0 Å². The SMILES string of the molecule is NC(=O)CC(NC(=O)Nc1nncs1)C(=O)O. The van der Waals surface area contributed by atoms with Gasteiger partial charge in [0.25, 0.3) is 0 Å². The molecule has 10 heteroatoms. The van der Waals surface area contributed by atoms with Gasteiger partial charge in [0, 0.05) is 0 Å². The number of amides is 3. The first-order valence-corrected chi connectivity index (χ1v) is 5.22. The zero-order valence-electron chi connectivity index (χ0n) is 8.41. The molecule has 0 aromatic carbocycles. The first kappa shape index (κ1) is 12.8. The van der Waals surface area contributed by atoms with Crippen LogP contribution < -0.4 is 16.4 Å². The number of hydrogen-bond donors (Lipinski definition) is 4. The fourth-order valence-electron chi connectivity index (χ4n) is 0.920. The van der Waals surface area contributed by atoms with Gasteiger partial charge in [0.1, 0.15) is 11.6 Å². The Morgan fingerprint density at radius 3 is 2.71 bits per heavy atom. The van der Waals surface area contributed by atoms with Crippen LogP contribution in [0.4, 0.5) is 9.93 Å². The molecule has 1 rings (SSSR count). The van der Waals surface area contributed by atoms with Crippen LogP contribution in [0, 0.1) is 0 Å². The quantitative estimate of drug-likeness (QED) is 0.532. The smallest absolute Gasteiger partial charge is 0.326 e. The molecule has 3 amide bonds. The molecule has 0 aliphatic carbocycles. The van der Waals surface area contributed by atoms with E-state index >= 15 is 0 Å². The molecule has 1 aromatic rings. The largest absolute Gasteiger partial charge is 0.480 e. The summed E-state index contributed by atoms with van der Waals surface area (Å²) in [5.74, 6) is -2.18. The molecule has 0 spiro atoms. The Balaban J connectivity index is 2.52. The summed E-state index contributed by atoms with van der Waals surface area (Å²) < 4.78 is 0. The fraction of sp³-hybridized carbons (Fsp3) is 0.286. The molecule has 0 bridgehead atoms. The van der Waals surface area contributed by atoms with E-state index in [4.69, 9.17) is 10.8 Å². The normalized spacial score (nSPS) is 11.5. The molecule has 1 aromatic heterocycles. The van der Waals surface area contributed by atoms with Gasteiger partial charge in [-0.05, 0) is 0 Å². The number of primary amides is 1. The fourth-order valence-corrected chi connectivity index (χ4v) is 1.36. The van der Waals surface area contributed by atoms with Crippen molar-refractivity contribution < 1.29 is 19.5 Å². The number of hydrogen-bond acceptors (Lipinski definition) is 6. The molecule has 1 atom stereocenters. The van der Waals surface area contributed by atoms with Gasteiger partial charge in [0.15, 0.2) is 0 Å². The number of carbonyl (C=O) groups excluding carboxylic acids is 2. The van der Waals surface area contributed by atoms with Crippen LogP contribution in [0.1, 0.15) is 6.42 Å². The van der Waals surface area contributed by atoms with Gasteiger partial charge in [-0.15, -0.1) is 10.2 Å². The van der Waals surface area contributed by atoms with Crippen LogP contribution in [0.25, 0.3) is 0 Å². The van der Waals surface area contributed by atoms with Crippen molar-refractivity contribution in [2.24, 2.45) is 5.73 Å². The molecule has 1 unspecified atom stereocenters. The van der Waals surface area contributed by atoms with E-state index in [0.29, 0.717) is 0 Å². The van der Waals surface area contributed by atoms with Gasteiger partial charge >= 0.3 is 12.0 Å². The number of carbonyl (C=O) groups is 3. The molecule has 17 heavy (non-hydrogen) atoms. The molecule has 0 fully saturated rings. The van der Waals surface area contributed by atoms with Crippen molar-refractivity contribution in [1.82, 2.24) is 15.5 Å². The van der Waals surface area contributed by atoms with Crippen LogP contribution >= 0.6 is 11.3 Å². The molecule has 0 aliphatic rings. The second kappa shape index (κ2) is 5.75. The van der Waals surface area contributed by atoms with Crippen molar-refractivity contribution in [2.45, 2.75) is 12.5 Å². The first-order valence-electron chi connectivity index (χ1n) is 4.34. The van der Waals surface area contributed by atoms with Crippen LogP contribution in [-0.2, 0) is 9.59 Å². The third-order valence-corrected chi connectivity index (χ3v) is 2.20. The van der Waals surface area contributed by atoms with E-state index in [1.165, 1.54) is 5.51 Å². The zero-order valence-corrected chi connectivity index (χ0v) is 9.23. The third kappa shape index (κ3) is 4.42. The lowest BCUT2D eigenvalue weighted by Gasteiger charge is -2.12. The Morgan fingerprint density at radius 2 is 2.24 bits per heavy atom. The highest BCUT2D eigenvalue weighted by Crippen LogP contribution is 2.07. The molecule has 0 saturated carbocycles. The molecule has 5 N–H and O–H groups in total. The highest BCUT2D eigenvalue weighted by molar-refractivity contribution is 7.13. The van der Waals surface area contributed by atoms with Gasteiger partial charge in [-0.2, -0.15) is 0 Å². The van der Waals surface area contributed by atoms with E-state index in [-0.39, 0.29) is 5.13 Å². The predicted octanol–water partition coefficient (Wildman–Crippen LogP) is -1.01. The van der Waals surface area contributed by atoms with Crippen molar-refractivity contribution in [3.05, 3.63) is 5.51 Å². The van der Waals surface area contributed by atoms with Crippen LogP contribution in [-0.4, -0.2) is 39.3 Å². The number of urea groups is 1. The van der Waals surface area contributed by atoms with E-state index in [9.17, 15) is 14.4 Å². The Hall–Kier alpha value is -2.23. The van der Waals surface area contributed by atoms with E-state index < -0.39 is 30.4 Å². The van der Waals surface area contributed by atoms with Crippen LogP contribution in [0.5, 0.6) is 0 Å². The minimum absolute atomic E-state index is 0.214. The number of nitrogens with zero attached hydrogens (tertiary/aromatic N) is 2. The monoisotopic (exact) mass is 259 g/mol. The number of carboxylic acid groups (broad SMARTS) is 1. The average molecular weight is 259 g/mol. The molecule has 0 aliphatic heterocycles. The number of aliphatic carboxylic acids is 1. The summed E-state index contributed by atoms with van der Waals surface area (Å²) >= 11 is 1.07. The number of anilines is 1. The lowest BCUT2D eigenvalue weighted by Crippen LogP contribution is -2.45. The summed E-state index contributed by atoms with van der Waals surface area (Å²) in [7, 11) is 0. The molecule has 92 valence electrons. The molecular formula is C7H9N5O4S. The maximum atomic E-state index is 11.3. The first-order chi connectivity index (χ1) is 7.99. The number of aromatic nitrogens is 2. The summed E-state index contributed by atoms with van der Waals surface area (Å²) in [6.07, 6.45) is -0.487. The van der Waals surface area contributed by atoms with E-state index in [0.717, 1.165) is 11.3 Å². The van der Waals surface area contributed by atoms with Gasteiger partial charge < -0.3 is 16.2 Å². The molecule has 0 radical (unpaired) electrons. The predicted molar refractivity (Wildman–Crippen MR) is 57.3 cm³/mol. The maximum absolute atomic E-state index is 11.3. The highest BCUT2D eigenvalue weighted by atomic mass is 32.1. The second-order valence-electron chi connectivity index (χ2n) is 2.90. The minimum Gasteiger partial charge on any atom is -0.480 e. The van der Waals surface area contributed by atoms with E-state index in [1.54, 1.807) is 0 Å². The van der Waals surface area contributed by atoms with Crippen molar-refractivity contribution in [1.29, 1.82) is 0 Å². The molecule has 0 saturated heterocycles. The van der Waals surface area contributed by atoms with Gasteiger partial charge in [-0.1, -0.05) is 11.3 Å². The Labute approximate surface area is 99.0 Å². The topological polar surface area (TPSA) is 147 Å². The van der Waals surface area contributed by atoms with Crippen molar-refractivity contribution in [2.75, 3.05) is 5.32 Å².